The highest BCUT2D eigenvalue weighted by atomic mass is 35.5. The smallest absolute Gasteiger partial charge is 0.440 e. The van der Waals surface area contributed by atoms with E-state index in [4.69, 9.17) is 26.2 Å². The van der Waals surface area contributed by atoms with Crippen LogP contribution in [-0.4, -0.2) is 81.2 Å². The van der Waals surface area contributed by atoms with Gasteiger partial charge in [-0.15, -0.1) is 5.01 Å². The van der Waals surface area contributed by atoms with Gasteiger partial charge >= 0.3 is 30.2 Å². The van der Waals surface area contributed by atoms with E-state index in [1.807, 2.05) is 0 Å². The maximum absolute atomic E-state index is 13.7. The normalized spacial score (nSPS) is 11.6. The summed E-state index contributed by atoms with van der Waals surface area (Å²) < 4.78 is 10.2. The number of esters is 1. The maximum atomic E-state index is 13.7. The highest BCUT2D eigenvalue weighted by Crippen LogP contribution is 2.24. The molecule has 0 heterocycles. The van der Waals surface area contributed by atoms with Crippen molar-refractivity contribution in [2.45, 2.75) is 45.9 Å². The van der Waals surface area contributed by atoms with Gasteiger partial charge in [0.05, 0.1) is 5.54 Å². The van der Waals surface area contributed by atoms with Crippen molar-refractivity contribution < 1.29 is 43.3 Å². The van der Waals surface area contributed by atoms with Crippen LogP contribution in [0, 0.1) is 0 Å². The predicted molar refractivity (Wildman–Crippen MR) is 142 cm³/mol. The van der Waals surface area contributed by atoms with E-state index < -0.39 is 54.1 Å². The number of imide groups is 1. The average Bonchev–Trinajstić information content (AvgIpc) is 2.89. The average molecular weight is 576 g/mol. The van der Waals surface area contributed by atoms with Crippen molar-refractivity contribution in [3.63, 3.8) is 0 Å². The molecular formula is C27H30ClN3O9. The summed E-state index contributed by atoms with van der Waals surface area (Å²) in [5.41, 5.74) is -1.15. The van der Waals surface area contributed by atoms with Crippen molar-refractivity contribution in [2.24, 2.45) is 0 Å². The Bertz CT molecular complexity index is 1260. The molecule has 0 fully saturated rings. The number of hydrogen-bond acceptors (Lipinski definition) is 8. The molecule has 0 bridgehead atoms. The number of ether oxygens (including phenoxy) is 2. The number of hydrazine groups is 1. The van der Waals surface area contributed by atoms with Gasteiger partial charge in [-0.2, -0.15) is 0 Å². The van der Waals surface area contributed by atoms with E-state index in [0.29, 0.717) is 14.9 Å². The maximum Gasteiger partial charge on any atom is 0.440 e. The van der Waals surface area contributed by atoms with E-state index in [1.54, 1.807) is 39.0 Å². The highest BCUT2D eigenvalue weighted by molar-refractivity contribution is 6.30. The third-order valence-electron chi connectivity index (χ3n) is 5.19. The number of hydrogen-bond donors (Lipinski definition) is 1. The van der Waals surface area contributed by atoms with Gasteiger partial charge < -0.3 is 19.5 Å². The number of carbonyl (C=O) groups is 6. The SMILES string of the molecule is CCC(=O)OC(OC(=O)N(C(=O)c1ccc(Cl)cc1)N(C(=O)c1ccccc1)C(C)(C)C)C(=O)N(C)CC(=O)O. The molecule has 1 atom stereocenters. The summed E-state index contributed by atoms with van der Waals surface area (Å²) in [7, 11) is 1.09. The van der Waals surface area contributed by atoms with Crippen LogP contribution in [0.15, 0.2) is 54.6 Å². The molecule has 40 heavy (non-hydrogen) atoms. The molecule has 0 radical (unpaired) electrons. The monoisotopic (exact) mass is 575 g/mol. The highest BCUT2D eigenvalue weighted by Gasteiger charge is 2.43. The molecular weight excluding hydrogens is 546 g/mol. The summed E-state index contributed by atoms with van der Waals surface area (Å²) in [5, 5.41) is 10.6. The minimum absolute atomic E-state index is 0.0621. The van der Waals surface area contributed by atoms with Gasteiger partial charge in [0.15, 0.2) is 0 Å². The Morgan fingerprint density at radius 3 is 1.93 bits per heavy atom. The number of carbonyl (C=O) groups excluding carboxylic acids is 5. The molecule has 2 aromatic rings. The molecule has 2 rings (SSSR count). The van der Waals surface area contributed by atoms with E-state index in [9.17, 15) is 28.8 Å². The standard InChI is InChI=1S/C27H30ClN3O9/c1-6-21(34)39-25(24(37)29(5)16-20(32)33)40-26(38)30(22(35)18-12-14-19(28)15-13-18)31(27(2,3)4)23(36)17-10-8-7-9-11-17/h7-15,25H,6,16H2,1-5H3,(H,32,33). The molecule has 0 aliphatic heterocycles. The van der Waals surface area contributed by atoms with Crippen LogP contribution in [0.25, 0.3) is 0 Å². The van der Waals surface area contributed by atoms with Gasteiger partial charge in [0, 0.05) is 29.6 Å². The summed E-state index contributed by atoms with van der Waals surface area (Å²) in [6.07, 6.45) is -4.00. The Morgan fingerprint density at radius 2 is 1.43 bits per heavy atom. The lowest BCUT2D eigenvalue weighted by molar-refractivity contribution is -0.184. The van der Waals surface area contributed by atoms with Crippen LogP contribution in [0.5, 0.6) is 0 Å². The van der Waals surface area contributed by atoms with Crippen molar-refractivity contribution >= 4 is 47.4 Å². The number of carboxylic acids is 1. The van der Waals surface area contributed by atoms with E-state index in [-0.39, 0.29) is 17.5 Å². The Hall–Kier alpha value is -4.45. The molecule has 214 valence electrons. The zero-order valence-corrected chi connectivity index (χ0v) is 23.4. The summed E-state index contributed by atoms with van der Waals surface area (Å²) in [5.74, 6) is -5.29. The minimum Gasteiger partial charge on any atom is -0.480 e. The molecule has 2 aromatic carbocycles. The molecule has 1 unspecified atom stereocenters. The van der Waals surface area contributed by atoms with Crippen LogP contribution in [0.2, 0.25) is 5.02 Å². The van der Waals surface area contributed by atoms with Crippen LogP contribution < -0.4 is 0 Å². The number of likely N-dealkylation sites (N-methyl/N-ethyl adjacent to an activating group) is 1. The topological polar surface area (TPSA) is 151 Å². The second kappa shape index (κ2) is 13.6. The van der Waals surface area contributed by atoms with Gasteiger partial charge in [-0.05, 0) is 57.2 Å². The molecule has 4 amide bonds. The van der Waals surface area contributed by atoms with Crippen LogP contribution in [0.1, 0.15) is 54.8 Å². The number of rotatable bonds is 8. The lowest BCUT2D eigenvalue weighted by Gasteiger charge is -2.41. The summed E-state index contributed by atoms with van der Waals surface area (Å²) >= 11 is 5.94. The van der Waals surface area contributed by atoms with E-state index in [2.05, 4.69) is 0 Å². The second-order valence-electron chi connectivity index (χ2n) is 9.42. The van der Waals surface area contributed by atoms with Gasteiger partial charge in [0.1, 0.15) is 6.54 Å². The van der Waals surface area contributed by atoms with Crippen LogP contribution >= 0.6 is 11.6 Å². The van der Waals surface area contributed by atoms with Crippen molar-refractivity contribution in [3.05, 3.63) is 70.7 Å². The quantitative estimate of drug-likeness (QED) is 0.283. The first-order valence-electron chi connectivity index (χ1n) is 12.0. The first-order chi connectivity index (χ1) is 18.7. The Balaban J connectivity index is 2.63. The van der Waals surface area contributed by atoms with Crippen LogP contribution in [0.3, 0.4) is 0 Å². The first-order valence-corrected chi connectivity index (χ1v) is 12.4. The lowest BCUT2D eigenvalue weighted by atomic mass is 10.1. The summed E-state index contributed by atoms with van der Waals surface area (Å²) in [6, 6.07) is 13.3. The van der Waals surface area contributed by atoms with Crippen molar-refractivity contribution in [1.29, 1.82) is 0 Å². The van der Waals surface area contributed by atoms with Gasteiger partial charge in [0.25, 0.3) is 11.8 Å². The molecule has 0 aliphatic rings. The van der Waals surface area contributed by atoms with Crippen molar-refractivity contribution in [1.82, 2.24) is 14.9 Å². The Morgan fingerprint density at radius 1 is 0.875 bits per heavy atom. The minimum atomic E-state index is -2.25. The number of carboxylic acid groups (broad SMARTS) is 1. The molecule has 13 heteroatoms. The zero-order chi connectivity index (χ0) is 30.2. The Kier molecular flexibility index (Phi) is 10.8. The molecule has 0 aliphatic carbocycles. The molecule has 0 saturated heterocycles. The fourth-order valence-electron chi connectivity index (χ4n) is 3.30. The fourth-order valence-corrected chi connectivity index (χ4v) is 3.42. The lowest BCUT2D eigenvalue weighted by Crippen LogP contribution is -2.61. The summed E-state index contributed by atoms with van der Waals surface area (Å²) in [6.45, 7) is 5.30. The predicted octanol–water partition coefficient (Wildman–Crippen LogP) is 3.60. The van der Waals surface area contributed by atoms with Crippen molar-refractivity contribution in [3.8, 4) is 0 Å². The largest absolute Gasteiger partial charge is 0.480 e. The van der Waals surface area contributed by atoms with Gasteiger partial charge in [-0.1, -0.05) is 36.7 Å². The number of benzene rings is 2. The van der Waals surface area contributed by atoms with Gasteiger partial charge in [-0.25, -0.2) is 9.80 Å². The van der Waals surface area contributed by atoms with E-state index >= 15 is 0 Å². The summed E-state index contributed by atoms with van der Waals surface area (Å²) in [4.78, 5) is 77.8. The number of halogens is 1. The molecule has 0 saturated carbocycles. The van der Waals surface area contributed by atoms with E-state index in [0.717, 1.165) is 12.1 Å². The second-order valence-corrected chi connectivity index (χ2v) is 9.86. The molecule has 12 nitrogen and oxygen atoms in total. The molecule has 1 N–H and O–H groups in total. The number of nitrogens with zero attached hydrogens (tertiary/aromatic N) is 3. The fraction of sp³-hybridized carbons (Fsp3) is 0.333. The zero-order valence-electron chi connectivity index (χ0n) is 22.6. The molecule has 0 spiro atoms. The van der Waals surface area contributed by atoms with Crippen LogP contribution in [0.4, 0.5) is 4.79 Å². The van der Waals surface area contributed by atoms with Crippen molar-refractivity contribution in [2.75, 3.05) is 13.6 Å². The van der Waals surface area contributed by atoms with Crippen LogP contribution in [-0.2, 0) is 23.9 Å². The molecule has 0 aromatic heterocycles. The number of amides is 4. The third kappa shape index (κ3) is 8.27. The Labute approximate surface area is 236 Å². The van der Waals surface area contributed by atoms with Gasteiger partial charge in [-0.3, -0.25) is 24.0 Å². The van der Waals surface area contributed by atoms with Gasteiger partial charge in [0.2, 0.25) is 0 Å². The first kappa shape index (κ1) is 31.8. The van der Waals surface area contributed by atoms with E-state index in [1.165, 1.54) is 43.3 Å². The third-order valence-corrected chi connectivity index (χ3v) is 5.44. The number of aliphatic carboxylic acids is 1.